The van der Waals surface area contributed by atoms with Crippen LogP contribution in [0.2, 0.25) is 0 Å². The molecule has 5 aliphatic rings. The minimum Gasteiger partial charge on any atom is -0.387 e. The quantitative estimate of drug-likeness (QED) is 0.200. The first-order valence-electron chi connectivity index (χ1n) is 15.4. The number of hydrogen-bond acceptors (Lipinski definition) is 8. The van der Waals surface area contributed by atoms with Crippen LogP contribution < -0.4 is 32.7 Å². The molecule has 0 aromatic carbocycles. The van der Waals surface area contributed by atoms with Crippen LogP contribution in [0.1, 0.15) is 64.7 Å². The zero-order chi connectivity index (χ0) is 26.6. The molecule has 0 radical (unpaired) electrons. The van der Waals surface area contributed by atoms with E-state index >= 15 is 0 Å². The van der Waals surface area contributed by atoms with E-state index in [2.05, 4.69) is 45.1 Å². The standard InChI is InChI=1S/C28H53N9O/c1-18-15-22(7-8-23(18)26(30)33-17-25(38)36-12-9-20(29)10-13-36)35-27-28-34-16-24(37(28)14-11-32-27)19-3-5-21(31-2)6-4-19/h18-24,27-28,31-32,34-35H,3-17,29H2,1-2H3,(H2,30,33). The van der Waals surface area contributed by atoms with Crippen molar-refractivity contribution in [2.24, 2.45) is 34.2 Å². The molecule has 1 amide bonds. The van der Waals surface area contributed by atoms with Crippen LogP contribution in [-0.4, -0.2) is 104 Å². The first-order chi connectivity index (χ1) is 18.4. The lowest BCUT2D eigenvalue weighted by Crippen LogP contribution is -2.67. The number of carbonyl (C=O) groups is 1. The van der Waals surface area contributed by atoms with Crippen LogP contribution in [0.25, 0.3) is 0 Å². The van der Waals surface area contributed by atoms with Gasteiger partial charge in [-0.3, -0.25) is 30.6 Å². The van der Waals surface area contributed by atoms with E-state index in [1.165, 1.54) is 25.7 Å². The van der Waals surface area contributed by atoms with Crippen molar-refractivity contribution >= 4 is 11.7 Å². The Morgan fingerprint density at radius 1 is 1.00 bits per heavy atom. The molecule has 8 N–H and O–H groups in total. The van der Waals surface area contributed by atoms with Crippen molar-refractivity contribution in [1.29, 1.82) is 0 Å². The highest BCUT2D eigenvalue weighted by Crippen LogP contribution is 2.34. The van der Waals surface area contributed by atoms with Crippen molar-refractivity contribution in [3.63, 3.8) is 0 Å². The molecule has 0 aromatic heterocycles. The van der Waals surface area contributed by atoms with E-state index in [1.807, 2.05) is 4.90 Å². The van der Waals surface area contributed by atoms with Gasteiger partial charge in [0.05, 0.1) is 18.2 Å². The first kappa shape index (κ1) is 28.2. The molecule has 3 aliphatic heterocycles. The molecule has 0 spiro atoms. The molecule has 2 aliphatic carbocycles. The number of piperazine rings is 1. The van der Waals surface area contributed by atoms with Crippen molar-refractivity contribution in [2.45, 2.75) is 101 Å². The molecular formula is C28H53N9O. The number of fused-ring (bicyclic) bond motifs is 1. The van der Waals surface area contributed by atoms with Crippen LogP contribution in [0, 0.1) is 17.8 Å². The monoisotopic (exact) mass is 531 g/mol. The number of nitrogens with one attached hydrogen (secondary N) is 4. The third-order valence-electron chi connectivity index (χ3n) is 10.3. The van der Waals surface area contributed by atoms with Gasteiger partial charge in [-0.15, -0.1) is 0 Å². The number of nitrogens with two attached hydrogens (primary N) is 2. The molecule has 0 aromatic rings. The molecule has 38 heavy (non-hydrogen) atoms. The van der Waals surface area contributed by atoms with Crippen LogP contribution in [0.5, 0.6) is 0 Å². The fraction of sp³-hybridized carbons (Fsp3) is 0.929. The van der Waals surface area contributed by atoms with Crippen molar-refractivity contribution in [3.8, 4) is 0 Å². The summed E-state index contributed by atoms with van der Waals surface area (Å²) in [6.07, 6.45) is 10.9. The minimum absolute atomic E-state index is 0.0771. The van der Waals surface area contributed by atoms with Gasteiger partial charge < -0.3 is 21.7 Å². The second-order valence-corrected chi connectivity index (χ2v) is 12.7. The fourth-order valence-electron chi connectivity index (χ4n) is 7.90. The van der Waals surface area contributed by atoms with Crippen molar-refractivity contribution in [2.75, 3.05) is 46.3 Å². The summed E-state index contributed by atoms with van der Waals surface area (Å²) in [7, 11) is 2.11. The lowest BCUT2D eigenvalue weighted by atomic mass is 9.77. The molecule has 6 atom stereocenters. The Labute approximate surface area is 229 Å². The minimum atomic E-state index is 0.0771. The van der Waals surface area contributed by atoms with E-state index in [0.717, 1.165) is 70.7 Å². The molecule has 3 heterocycles. The summed E-state index contributed by atoms with van der Waals surface area (Å²) in [5, 5.41) is 15.1. The highest BCUT2D eigenvalue weighted by Gasteiger charge is 2.44. The number of rotatable bonds is 7. The van der Waals surface area contributed by atoms with Crippen molar-refractivity contribution < 1.29 is 4.79 Å². The zero-order valence-corrected chi connectivity index (χ0v) is 23.7. The average molecular weight is 532 g/mol. The molecule has 2 saturated carbocycles. The maximum Gasteiger partial charge on any atom is 0.244 e. The number of nitrogens with zero attached hydrogens (tertiary/aromatic N) is 3. The van der Waals surface area contributed by atoms with E-state index < -0.39 is 0 Å². The maximum absolute atomic E-state index is 12.6. The molecule has 10 nitrogen and oxygen atoms in total. The largest absolute Gasteiger partial charge is 0.387 e. The lowest BCUT2D eigenvalue weighted by molar-refractivity contribution is -0.130. The van der Waals surface area contributed by atoms with Gasteiger partial charge in [0, 0.05) is 62.8 Å². The van der Waals surface area contributed by atoms with Gasteiger partial charge in [0.2, 0.25) is 5.91 Å². The number of carbonyl (C=O) groups excluding carboxylic acids is 1. The van der Waals surface area contributed by atoms with Crippen molar-refractivity contribution in [3.05, 3.63) is 0 Å². The SMILES string of the molecule is CNC1CCC(C2CNC3C(NC4CCC(C(N)=NCC(=O)N5CCC(N)CC5)C(C)C4)NCCN23)CC1. The Kier molecular flexibility index (Phi) is 9.59. The summed E-state index contributed by atoms with van der Waals surface area (Å²) in [5.74, 6) is 2.25. The maximum atomic E-state index is 12.6. The Bertz CT molecular complexity index is 808. The Hall–Kier alpha value is -1.30. The number of amides is 1. The fourth-order valence-corrected chi connectivity index (χ4v) is 7.90. The van der Waals surface area contributed by atoms with E-state index in [1.54, 1.807) is 0 Å². The van der Waals surface area contributed by atoms with Crippen LogP contribution in [-0.2, 0) is 4.79 Å². The normalized spacial score (nSPS) is 39.8. The summed E-state index contributed by atoms with van der Waals surface area (Å²) < 4.78 is 0. The Balaban J connectivity index is 1.09. The zero-order valence-electron chi connectivity index (χ0n) is 23.7. The van der Waals surface area contributed by atoms with Crippen LogP contribution in [0.15, 0.2) is 4.99 Å². The van der Waals surface area contributed by atoms with E-state index in [-0.39, 0.29) is 30.6 Å². The Morgan fingerprint density at radius 3 is 2.45 bits per heavy atom. The molecule has 5 rings (SSSR count). The number of amidine groups is 1. The van der Waals surface area contributed by atoms with E-state index in [9.17, 15) is 4.79 Å². The van der Waals surface area contributed by atoms with Gasteiger partial charge in [-0.2, -0.15) is 0 Å². The summed E-state index contributed by atoms with van der Waals surface area (Å²) in [5.41, 5.74) is 12.4. The van der Waals surface area contributed by atoms with Gasteiger partial charge in [-0.05, 0) is 76.7 Å². The van der Waals surface area contributed by atoms with Crippen LogP contribution >= 0.6 is 0 Å². The highest BCUT2D eigenvalue weighted by molar-refractivity contribution is 5.87. The number of piperidine rings is 1. The van der Waals surface area contributed by atoms with Crippen LogP contribution in [0.4, 0.5) is 0 Å². The van der Waals surface area contributed by atoms with Gasteiger partial charge in [0.1, 0.15) is 6.54 Å². The van der Waals surface area contributed by atoms with Crippen LogP contribution in [0.3, 0.4) is 0 Å². The summed E-state index contributed by atoms with van der Waals surface area (Å²) >= 11 is 0. The molecular weight excluding hydrogens is 478 g/mol. The van der Waals surface area contributed by atoms with Gasteiger partial charge in [0.25, 0.3) is 0 Å². The third kappa shape index (κ3) is 6.53. The highest BCUT2D eigenvalue weighted by atomic mass is 16.2. The second-order valence-electron chi connectivity index (χ2n) is 12.7. The third-order valence-corrected chi connectivity index (χ3v) is 10.3. The predicted octanol–water partition coefficient (Wildman–Crippen LogP) is -0.00490. The van der Waals surface area contributed by atoms with Crippen molar-refractivity contribution in [1.82, 2.24) is 31.1 Å². The number of likely N-dealkylation sites (tertiary alicyclic amines) is 1. The van der Waals surface area contributed by atoms with E-state index in [0.29, 0.717) is 36.0 Å². The number of hydrogen-bond donors (Lipinski definition) is 6. The molecule has 0 bridgehead atoms. The molecule has 10 heteroatoms. The summed E-state index contributed by atoms with van der Waals surface area (Å²) in [4.78, 5) is 21.8. The second kappa shape index (κ2) is 12.9. The predicted molar refractivity (Wildman–Crippen MR) is 153 cm³/mol. The summed E-state index contributed by atoms with van der Waals surface area (Å²) in [6, 6.07) is 2.06. The van der Waals surface area contributed by atoms with E-state index in [4.69, 9.17) is 11.5 Å². The lowest BCUT2D eigenvalue weighted by Gasteiger charge is -2.45. The topological polar surface area (TPSA) is 136 Å². The van der Waals surface area contributed by atoms with Gasteiger partial charge in [-0.1, -0.05) is 6.92 Å². The molecule has 216 valence electrons. The van der Waals surface area contributed by atoms with Gasteiger partial charge >= 0.3 is 0 Å². The first-order valence-corrected chi connectivity index (χ1v) is 15.4. The molecule has 6 unspecified atom stereocenters. The Morgan fingerprint density at radius 2 is 1.74 bits per heavy atom. The average Bonchev–Trinajstić information content (AvgIpc) is 3.37. The van der Waals surface area contributed by atoms with Gasteiger partial charge in [-0.25, -0.2) is 0 Å². The smallest absolute Gasteiger partial charge is 0.244 e. The molecule has 3 saturated heterocycles. The summed E-state index contributed by atoms with van der Waals surface area (Å²) in [6.45, 7) is 7.22. The number of aliphatic imine (C=N–C) groups is 1. The molecule has 5 fully saturated rings. The van der Waals surface area contributed by atoms with Gasteiger partial charge in [0.15, 0.2) is 0 Å².